The van der Waals surface area contributed by atoms with E-state index >= 15 is 0 Å². The lowest BCUT2D eigenvalue weighted by molar-refractivity contribution is -0.130. The van der Waals surface area contributed by atoms with Crippen molar-refractivity contribution in [2.45, 2.75) is 56.5 Å². The summed E-state index contributed by atoms with van der Waals surface area (Å²) in [6.07, 6.45) is 7.41. The first-order chi connectivity index (χ1) is 6.62. The molecule has 3 aliphatic carbocycles. The Morgan fingerprint density at radius 1 is 1.21 bits per heavy atom. The molecular weight excluding hydrogens is 176 g/mol. The highest BCUT2D eigenvalue weighted by Gasteiger charge is 2.56. The highest BCUT2D eigenvalue weighted by atomic mass is 16.2. The Morgan fingerprint density at radius 3 is 2.29 bits per heavy atom. The minimum Gasteiger partial charge on any atom is -0.353 e. The van der Waals surface area contributed by atoms with Gasteiger partial charge in [-0.25, -0.2) is 0 Å². The van der Waals surface area contributed by atoms with Crippen molar-refractivity contribution >= 4 is 5.91 Å². The van der Waals surface area contributed by atoms with Crippen LogP contribution in [0.1, 0.15) is 44.9 Å². The summed E-state index contributed by atoms with van der Waals surface area (Å²) < 4.78 is 0. The number of nitrogens with two attached hydrogens (primary N) is 1. The van der Waals surface area contributed by atoms with Crippen molar-refractivity contribution in [3.05, 3.63) is 0 Å². The van der Waals surface area contributed by atoms with E-state index in [1.807, 2.05) is 0 Å². The standard InChI is InChI=1S/C11H18N2O/c12-11-5-3-10(7-11,4-6-11)9(14)13-8-1-2-8/h8H,1-7,12H2,(H,13,14). The van der Waals surface area contributed by atoms with Crippen LogP contribution in [0, 0.1) is 5.41 Å². The lowest BCUT2D eigenvalue weighted by Crippen LogP contribution is -2.39. The first kappa shape index (κ1) is 8.72. The van der Waals surface area contributed by atoms with Crippen molar-refractivity contribution in [3.63, 3.8) is 0 Å². The van der Waals surface area contributed by atoms with Crippen molar-refractivity contribution in [2.24, 2.45) is 11.1 Å². The number of carbonyl (C=O) groups is 1. The smallest absolute Gasteiger partial charge is 0.226 e. The molecule has 0 aromatic carbocycles. The highest BCUT2D eigenvalue weighted by molar-refractivity contribution is 5.84. The molecule has 0 radical (unpaired) electrons. The van der Waals surface area contributed by atoms with Crippen LogP contribution < -0.4 is 11.1 Å². The fourth-order valence-corrected chi connectivity index (χ4v) is 3.13. The van der Waals surface area contributed by atoms with Gasteiger partial charge in [0.05, 0.1) is 5.41 Å². The van der Waals surface area contributed by atoms with Gasteiger partial charge in [0.15, 0.2) is 0 Å². The molecule has 78 valence electrons. The second-order valence-electron chi connectivity index (χ2n) is 5.57. The quantitative estimate of drug-likeness (QED) is 0.687. The van der Waals surface area contributed by atoms with Crippen LogP contribution in [0.4, 0.5) is 0 Å². The normalized spacial score (nSPS) is 45.5. The molecule has 3 nitrogen and oxygen atoms in total. The minimum absolute atomic E-state index is 0.000884. The zero-order valence-corrected chi connectivity index (χ0v) is 8.51. The van der Waals surface area contributed by atoms with Gasteiger partial charge < -0.3 is 11.1 Å². The maximum absolute atomic E-state index is 12.1. The summed E-state index contributed by atoms with van der Waals surface area (Å²) in [6, 6.07) is 0.491. The molecule has 0 aromatic rings. The van der Waals surface area contributed by atoms with Crippen LogP contribution in [-0.2, 0) is 4.79 Å². The SMILES string of the molecule is NC12CCC(C(=O)NC3CC3)(CC1)C2. The number of amides is 1. The monoisotopic (exact) mass is 194 g/mol. The van der Waals surface area contributed by atoms with Crippen LogP contribution in [0.25, 0.3) is 0 Å². The van der Waals surface area contributed by atoms with Crippen LogP contribution in [0.2, 0.25) is 0 Å². The summed E-state index contributed by atoms with van der Waals surface area (Å²) in [4.78, 5) is 12.1. The number of carbonyl (C=O) groups excluding carboxylic acids is 1. The summed E-state index contributed by atoms with van der Waals surface area (Å²) in [5.41, 5.74) is 6.12. The van der Waals surface area contributed by atoms with Crippen LogP contribution >= 0.6 is 0 Å². The van der Waals surface area contributed by atoms with Crippen molar-refractivity contribution in [1.29, 1.82) is 0 Å². The van der Waals surface area contributed by atoms with Gasteiger partial charge in [-0.1, -0.05) is 0 Å². The van der Waals surface area contributed by atoms with Gasteiger partial charge in [0, 0.05) is 11.6 Å². The van der Waals surface area contributed by atoms with E-state index < -0.39 is 0 Å². The van der Waals surface area contributed by atoms with Crippen LogP contribution in [0.15, 0.2) is 0 Å². The Hall–Kier alpha value is -0.570. The summed E-state index contributed by atoms with van der Waals surface area (Å²) in [7, 11) is 0. The Labute approximate surface area is 84.4 Å². The van der Waals surface area contributed by atoms with Gasteiger partial charge in [0.25, 0.3) is 0 Å². The summed E-state index contributed by atoms with van der Waals surface area (Å²) in [5, 5.41) is 3.14. The van der Waals surface area contributed by atoms with E-state index in [1.165, 1.54) is 12.8 Å². The molecule has 3 rings (SSSR count). The fraction of sp³-hybridized carbons (Fsp3) is 0.909. The third-order valence-corrected chi connectivity index (χ3v) is 4.29. The molecule has 0 unspecified atom stereocenters. The van der Waals surface area contributed by atoms with E-state index in [2.05, 4.69) is 5.32 Å². The van der Waals surface area contributed by atoms with Crippen molar-refractivity contribution < 1.29 is 4.79 Å². The van der Waals surface area contributed by atoms with Gasteiger partial charge in [-0.15, -0.1) is 0 Å². The zero-order chi connectivity index (χ0) is 9.81. The van der Waals surface area contributed by atoms with E-state index in [1.54, 1.807) is 0 Å². The molecule has 14 heavy (non-hydrogen) atoms. The second-order valence-corrected chi connectivity index (χ2v) is 5.57. The molecule has 2 bridgehead atoms. The van der Waals surface area contributed by atoms with E-state index in [9.17, 15) is 4.79 Å². The van der Waals surface area contributed by atoms with Gasteiger partial charge in [-0.2, -0.15) is 0 Å². The average Bonchev–Trinajstić information content (AvgIpc) is 2.79. The minimum atomic E-state index is -0.0721. The Bertz CT molecular complexity index is 275. The summed E-state index contributed by atoms with van der Waals surface area (Å²) in [6.45, 7) is 0. The zero-order valence-electron chi connectivity index (χ0n) is 8.51. The van der Waals surface area contributed by atoms with Gasteiger partial charge >= 0.3 is 0 Å². The van der Waals surface area contributed by atoms with Crippen molar-refractivity contribution in [1.82, 2.24) is 5.32 Å². The molecule has 3 aliphatic rings. The lowest BCUT2D eigenvalue weighted by Gasteiger charge is -2.25. The number of rotatable bonds is 2. The number of nitrogens with one attached hydrogen (secondary N) is 1. The molecule has 3 heteroatoms. The number of hydrogen-bond donors (Lipinski definition) is 2. The molecular formula is C11H18N2O. The Balaban J connectivity index is 1.74. The molecule has 0 saturated heterocycles. The maximum atomic E-state index is 12.1. The van der Waals surface area contributed by atoms with Crippen molar-refractivity contribution in [2.75, 3.05) is 0 Å². The second kappa shape index (κ2) is 2.51. The molecule has 1 amide bonds. The van der Waals surface area contributed by atoms with E-state index in [0.29, 0.717) is 11.9 Å². The maximum Gasteiger partial charge on any atom is 0.226 e. The average molecular weight is 194 g/mol. The Kier molecular flexibility index (Phi) is 1.56. The van der Waals surface area contributed by atoms with E-state index in [-0.39, 0.29) is 11.0 Å². The summed E-state index contributed by atoms with van der Waals surface area (Å²) in [5.74, 6) is 0.296. The van der Waals surface area contributed by atoms with Crippen LogP contribution in [-0.4, -0.2) is 17.5 Å². The molecule has 0 aliphatic heterocycles. The van der Waals surface area contributed by atoms with Gasteiger partial charge in [-0.05, 0) is 44.9 Å². The largest absolute Gasteiger partial charge is 0.353 e. The molecule has 3 fully saturated rings. The fourth-order valence-electron chi connectivity index (χ4n) is 3.13. The van der Waals surface area contributed by atoms with Crippen LogP contribution in [0.3, 0.4) is 0 Å². The van der Waals surface area contributed by atoms with Crippen LogP contribution in [0.5, 0.6) is 0 Å². The number of fused-ring (bicyclic) bond motifs is 2. The topological polar surface area (TPSA) is 55.1 Å². The van der Waals surface area contributed by atoms with Gasteiger partial charge in [0.2, 0.25) is 5.91 Å². The third-order valence-electron chi connectivity index (χ3n) is 4.29. The predicted molar refractivity (Wildman–Crippen MR) is 53.6 cm³/mol. The van der Waals surface area contributed by atoms with Gasteiger partial charge in [-0.3, -0.25) is 4.79 Å². The van der Waals surface area contributed by atoms with E-state index in [4.69, 9.17) is 5.73 Å². The Morgan fingerprint density at radius 2 is 1.86 bits per heavy atom. The van der Waals surface area contributed by atoms with E-state index in [0.717, 1.165) is 32.1 Å². The molecule has 0 aromatic heterocycles. The number of hydrogen-bond acceptors (Lipinski definition) is 2. The molecule has 3 saturated carbocycles. The predicted octanol–water partition coefficient (Wildman–Crippen LogP) is 0.927. The highest BCUT2D eigenvalue weighted by Crippen LogP contribution is 2.55. The molecule has 0 atom stereocenters. The first-order valence-corrected chi connectivity index (χ1v) is 5.72. The summed E-state index contributed by atoms with van der Waals surface area (Å²) >= 11 is 0. The third kappa shape index (κ3) is 1.18. The molecule has 0 heterocycles. The van der Waals surface area contributed by atoms with Gasteiger partial charge in [0.1, 0.15) is 0 Å². The first-order valence-electron chi connectivity index (χ1n) is 5.72. The molecule has 0 spiro atoms. The molecule has 3 N–H and O–H groups in total. The lowest BCUT2D eigenvalue weighted by atomic mass is 9.83. The van der Waals surface area contributed by atoms with Crippen molar-refractivity contribution in [3.8, 4) is 0 Å².